The highest BCUT2D eigenvalue weighted by Gasteiger charge is 2.16. The number of nitrogens with one attached hydrogen (secondary N) is 2. The van der Waals surface area contributed by atoms with Gasteiger partial charge in [0.25, 0.3) is 0 Å². The predicted octanol–water partition coefficient (Wildman–Crippen LogP) is 3.27. The molecule has 1 amide bonds. The SMILES string of the molecule is Cc1nc(C)c(CNC(=O)[C@@H](N)Cc2c[nH]c3ccccc23)s1.Cl.Cl. The van der Waals surface area contributed by atoms with E-state index in [1.165, 1.54) is 0 Å². The van der Waals surface area contributed by atoms with Crippen LogP contribution in [-0.4, -0.2) is 21.9 Å². The number of aromatic nitrogens is 2. The Balaban J connectivity index is 0.00000156. The van der Waals surface area contributed by atoms with Crippen molar-refractivity contribution < 1.29 is 4.79 Å². The minimum absolute atomic E-state index is 0. The van der Waals surface area contributed by atoms with Gasteiger partial charge < -0.3 is 16.0 Å². The number of nitrogens with two attached hydrogens (primary N) is 1. The summed E-state index contributed by atoms with van der Waals surface area (Å²) in [4.78, 5) is 20.9. The molecule has 2 heterocycles. The maximum absolute atomic E-state index is 12.2. The van der Waals surface area contributed by atoms with Crippen LogP contribution in [0.5, 0.6) is 0 Å². The van der Waals surface area contributed by atoms with E-state index in [4.69, 9.17) is 5.73 Å². The number of benzene rings is 1. The summed E-state index contributed by atoms with van der Waals surface area (Å²) in [7, 11) is 0. The molecule has 0 saturated carbocycles. The Morgan fingerprint density at radius 3 is 2.72 bits per heavy atom. The molecule has 136 valence electrons. The number of halogens is 2. The van der Waals surface area contributed by atoms with Crippen molar-refractivity contribution in [3.05, 3.63) is 51.6 Å². The first-order valence-electron chi connectivity index (χ1n) is 7.56. The van der Waals surface area contributed by atoms with Gasteiger partial charge >= 0.3 is 0 Å². The maximum Gasteiger partial charge on any atom is 0.237 e. The summed E-state index contributed by atoms with van der Waals surface area (Å²) in [5.41, 5.74) is 9.16. The van der Waals surface area contributed by atoms with E-state index >= 15 is 0 Å². The minimum Gasteiger partial charge on any atom is -0.361 e. The standard InChI is InChI=1S/C17H20N4OS.2ClH/c1-10-16(23-11(2)21-10)9-20-17(22)14(18)7-12-8-19-15-6-4-3-5-13(12)15;;/h3-6,8,14,19H,7,9,18H2,1-2H3,(H,20,22);2*1H/t14-;;/m0../s1. The summed E-state index contributed by atoms with van der Waals surface area (Å²) < 4.78 is 0. The Morgan fingerprint density at radius 1 is 1.32 bits per heavy atom. The van der Waals surface area contributed by atoms with Crippen LogP contribution >= 0.6 is 36.2 Å². The zero-order valence-electron chi connectivity index (χ0n) is 14.0. The van der Waals surface area contributed by atoms with Crippen molar-refractivity contribution >= 4 is 53.0 Å². The third-order valence-electron chi connectivity index (χ3n) is 3.87. The number of thiazole rings is 1. The lowest BCUT2D eigenvalue weighted by Crippen LogP contribution is -2.41. The number of H-pyrrole nitrogens is 1. The summed E-state index contributed by atoms with van der Waals surface area (Å²) in [5.74, 6) is -0.138. The summed E-state index contributed by atoms with van der Waals surface area (Å²) in [6.45, 7) is 4.40. The number of carbonyl (C=O) groups is 1. The zero-order valence-corrected chi connectivity index (χ0v) is 16.5. The van der Waals surface area contributed by atoms with E-state index in [-0.39, 0.29) is 30.7 Å². The van der Waals surface area contributed by atoms with Gasteiger partial charge in [-0.05, 0) is 31.9 Å². The largest absolute Gasteiger partial charge is 0.361 e. The number of para-hydroxylation sites is 1. The molecule has 0 aliphatic rings. The number of carbonyl (C=O) groups excluding carboxylic acids is 1. The third-order valence-corrected chi connectivity index (χ3v) is 4.95. The summed E-state index contributed by atoms with van der Waals surface area (Å²) in [5, 5.41) is 5.03. The third kappa shape index (κ3) is 4.95. The normalized spacial score (nSPS) is 11.5. The van der Waals surface area contributed by atoms with Crippen molar-refractivity contribution in [3.8, 4) is 0 Å². The van der Waals surface area contributed by atoms with Crippen LogP contribution in [-0.2, 0) is 17.8 Å². The molecular weight excluding hydrogens is 379 g/mol. The topological polar surface area (TPSA) is 83.8 Å². The number of fused-ring (bicyclic) bond motifs is 1. The van der Waals surface area contributed by atoms with Gasteiger partial charge in [-0.3, -0.25) is 4.79 Å². The zero-order chi connectivity index (χ0) is 16.4. The number of hydrogen-bond donors (Lipinski definition) is 3. The maximum atomic E-state index is 12.2. The molecule has 5 nitrogen and oxygen atoms in total. The second kappa shape index (κ2) is 9.20. The lowest BCUT2D eigenvalue weighted by Gasteiger charge is -2.11. The Hall–Kier alpha value is -1.60. The fourth-order valence-corrected chi connectivity index (χ4v) is 3.54. The Kier molecular flexibility index (Phi) is 7.89. The lowest BCUT2D eigenvalue weighted by atomic mass is 10.1. The summed E-state index contributed by atoms with van der Waals surface area (Å²) in [6, 6.07) is 7.45. The van der Waals surface area contributed by atoms with Crippen LogP contribution < -0.4 is 11.1 Å². The van der Waals surface area contributed by atoms with Gasteiger partial charge in [0.2, 0.25) is 5.91 Å². The monoisotopic (exact) mass is 400 g/mol. The van der Waals surface area contributed by atoms with Gasteiger partial charge in [-0.25, -0.2) is 4.98 Å². The lowest BCUT2D eigenvalue weighted by molar-refractivity contribution is -0.122. The molecule has 1 atom stereocenters. The molecule has 0 bridgehead atoms. The highest BCUT2D eigenvalue weighted by atomic mass is 35.5. The fraction of sp³-hybridized carbons (Fsp3) is 0.294. The van der Waals surface area contributed by atoms with E-state index in [0.717, 1.165) is 32.0 Å². The molecule has 4 N–H and O–H groups in total. The molecule has 0 unspecified atom stereocenters. The van der Waals surface area contributed by atoms with Crippen LogP contribution in [0.4, 0.5) is 0 Å². The van der Waals surface area contributed by atoms with Crippen molar-refractivity contribution in [1.82, 2.24) is 15.3 Å². The van der Waals surface area contributed by atoms with E-state index in [1.54, 1.807) is 11.3 Å². The number of rotatable bonds is 5. The molecule has 1 aromatic carbocycles. The van der Waals surface area contributed by atoms with Gasteiger partial charge in [-0.1, -0.05) is 18.2 Å². The number of aromatic amines is 1. The van der Waals surface area contributed by atoms with Crippen molar-refractivity contribution in [2.75, 3.05) is 0 Å². The van der Waals surface area contributed by atoms with Crippen molar-refractivity contribution in [2.45, 2.75) is 32.9 Å². The molecule has 3 rings (SSSR count). The van der Waals surface area contributed by atoms with E-state index < -0.39 is 6.04 Å². The fourth-order valence-electron chi connectivity index (χ4n) is 2.67. The predicted molar refractivity (Wildman–Crippen MR) is 108 cm³/mol. The molecule has 25 heavy (non-hydrogen) atoms. The molecule has 2 aromatic heterocycles. The quantitative estimate of drug-likeness (QED) is 0.614. The van der Waals surface area contributed by atoms with Crippen LogP contribution in [0.25, 0.3) is 10.9 Å². The molecule has 0 aliphatic carbocycles. The summed E-state index contributed by atoms with van der Waals surface area (Å²) >= 11 is 1.60. The van der Waals surface area contributed by atoms with Crippen LogP contribution in [0.1, 0.15) is 21.1 Å². The first-order chi connectivity index (χ1) is 11.0. The average Bonchev–Trinajstić information content (AvgIpc) is 3.08. The first-order valence-corrected chi connectivity index (χ1v) is 8.37. The van der Waals surface area contributed by atoms with Gasteiger partial charge in [-0.2, -0.15) is 0 Å². The Morgan fingerprint density at radius 2 is 2.04 bits per heavy atom. The Labute approximate surface area is 163 Å². The molecule has 8 heteroatoms. The van der Waals surface area contributed by atoms with Gasteiger partial charge in [-0.15, -0.1) is 36.2 Å². The van der Waals surface area contributed by atoms with Gasteiger partial charge in [0.1, 0.15) is 0 Å². The van der Waals surface area contributed by atoms with E-state index in [2.05, 4.69) is 15.3 Å². The van der Waals surface area contributed by atoms with E-state index in [0.29, 0.717) is 13.0 Å². The van der Waals surface area contributed by atoms with Crippen LogP contribution in [0.3, 0.4) is 0 Å². The van der Waals surface area contributed by atoms with Crippen LogP contribution in [0, 0.1) is 13.8 Å². The van der Waals surface area contributed by atoms with E-state index in [9.17, 15) is 4.79 Å². The minimum atomic E-state index is -0.566. The summed E-state index contributed by atoms with van der Waals surface area (Å²) in [6.07, 6.45) is 2.44. The Bertz CT molecular complexity index is 846. The van der Waals surface area contributed by atoms with Gasteiger partial charge in [0.15, 0.2) is 0 Å². The molecular formula is C17H22Cl2N4OS. The molecule has 3 aromatic rings. The highest BCUT2D eigenvalue weighted by Crippen LogP contribution is 2.19. The first kappa shape index (κ1) is 21.4. The van der Waals surface area contributed by atoms with Gasteiger partial charge in [0, 0.05) is 22.0 Å². The number of hydrogen-bond acceptors (Lipinski definition) is 4. The van der Waals surface area contributed by atoms with Gasteiger partial charge in [0.05, 0.1) is 23.3 Å². The second-order valence-electron chi connectivity index (χ2n) is 5.63. The molecule has 0 fully saturated rings. The number of amides is 1. The average molecular weight is 401 g/mol. The number of aryl methyl sites for hydroxylation is 2. The molecule has 0 aliphatic heterocycles. The van der Waals surface area contributed by atoms with Crippen molar-refractivity contribution in [1.29, 1.82) is 0 Å². The van der Waals surface area contributed by atoms with Crippen molar-refractivity contribution in [2.24, 2.45) is 5.73 Å². The smallest absolute Gasteiger partial charge is 0.237 e. The second-order valence-corrected chi connectivity index (χ2v) is 6.92. The number of nitrogens with zero attached hydrogens (tertiary/aromatic N) is 1. The highest BCUT2D eigenvalue weighted by molar-refractivity contribution is 7.11. The molecule has 0 radical (unpaired) electrons. The molecule has 0 spiro atoms. The molecule has 0 saturated heterocycles. The van der Waals surface area contributed by atoms with Crippen molar-refractivity contribution in [3.63, 3.8) is 0 Å². The van der Waals surface area contributed by atoms with Crippen LogP contribution in [0.2, 0.25) is 0 Å². The van der Waals surface area contributed by atoms with Crippen LogP contribution in [0.15, 0.2) is 30.5 Å². The van der Waals surface area contributed by atoms with E-state index in [1.807, 2.05) is 44.3 Å².